The molecule has 8 heteroatoms. The molecule has 0 aliphatic heterocycles. The Balaban J connectivity index is 2.33. The first-order valence-electron chi connectivity index (χ1n) is 5.88. The van der Waals surface area contributed by atoms with Crippen LogP contribution in [0.25, 0.3) is 0 Å². The van der Waals surface area contributed by atoms with E-state index in [1.165, 1.54) is 43.4 Å². The Morgan fingerprint density at radius 3 is 2.48 bits per heavy atom. The highest BCUT2D eigenvalue weighted by atomic mass is 35.5. The van der Waals surface area contributed by atoms with Crippen LogP contribution in [0.15, 0.2) is 41.3 Å². The van der Waals surface area contributed by atoms with E-state index in [1.807, 2.05) is 0 Å². The van der Waals surface area contributed by atoms with Crippen LogP contribution in [-0.2, 0) is 10.0 Å². The highest BCUT2D eigenvalue weighted by Crippen LogP contribution is 2.27. The van der Waals surface area contributed by atoms with Gasteiger partial charge in [0.2, 0.25) is 10.0 Å². The standard InChI is InChI=1S/C13H13ClFN3O2S/c1-17-21(19,20)13-5-3-9(7-11(13)16)18-12-4-2-8(14)6-10(12)15/h2-7,17-18H,16H2,1H3. The zero-order valence-corrected chi connectivity index (χ0v) is 12.6. The lowest BCUT2D eigenvalue weighted by molar-refractivity contribution is 0.588. The number of hydrogen-bond donors (Lipinski definition) is 3. The molecule has 2 aromatic carbocycles. The van der Waals surface area contributed by atoms with Crippen LogP contribution in [0.3, 0.4) is 0 Å². The van der Waals surface area contributed by atoms with Gasteiger partial charge in [-0.1, -0.05) is 11.6 Å². The number of sulfonamides is 1. The molecule has 0 fully saturated rings. The Kier molecular flexibility index (Phi) is 4.36. The summed E-state index contributed by atoms with van der Waals surface area (Å²) in [6, 6.07) is 8.44. The van der Waals surface area contributed by atoms with Crippen molar-refractivity contribution >= 4 is 38.7 Å². The van der Waals surface area contributed by atoms with Gasteiger partial charge < -0.3 is 11.1 Å². The molecule has 0 aliphatic carbocycles. The van der Waals surface area contributed by atoms with E-state index in [0.717, 1.165) is 0 Å². The van der Waals surface area contributed by atoms with Gasteiger partial charge in [-0.2, -0.15) is 0 Å². The van der Waals surface area contributed by atoms with Gasteiger partial charge in [-0.05, 0) is 43.4 Å². The van der Waals surface area contributed by atoms with Crippen molar-refractivity contribution in [3.05, 3.63) is 47.2 Å². The van der Waals surface area contributed by atoms with E-state index in [4.69, 9.17) is 17.3 Å². The molecule has 0 aliphatic rings. The maximum Gasteiger partial charge on any atom is 0.242 e. The van der Waals surface area contributed by atoms with Crippen molar-refractivity contribution in [3.63, 3.8) is 0 Å². The van der Waals surface area contributed by atoms with Crippen LogP contribution >= 0.6 is 11.6 Å². The van der Waals surface area contributed by atoms with Gasteiger partial charge >= 0.3 is 0 Å². The fourth-order valence-corrected chi connectivity index (χ4v) is 2.72. The second-order valence-corrected chi connectivity index (χ2v) is 6.50. The first-order chi connectivity index (χ1) is 9.83. The number of nitrogens with two attached hydrogens (primary N) is 1. The maximum atomic E-state index is 13.7. The molecule has 0 saturated carbocycles. The summed E-state index contributed by atoms with van der Waals surface area (Å²) in [6.45, 7) is 0. The SMILES string of the molecule is CNS(=O)(=O)c1ccc(Nc2ccc(Cl)cc2F)cc1N. The third-order valence-corrected chi connectivity index (χ3v) is 4.50. The van der Waals surface area contributed by atoms with Gasteiger partial charge in [0.1, 0.15) is 10.7 Å². The Morgan fingerprint density at radius 2 is 1.90 bits per heavy atom. The van der Waals surface area contributed by atoms with Gasteiger partial charge in [0, 0.05) is 10.7 Å². The maximum absolute atomic E-state index is 13.7. The van der Waals surface area contributed by atoms with E-state index < -0.39 is 15.8 Å². The van der Waals surface area contributed by atoms with Gasteiger partial charge in [0.15, 0.2) is 0 Å². The Hall–Kier alpha value is -1.83. The molecule has 0 aromatic heterocycles. The second-order valence-electron chi connectivity index (χ2n) is 4.21. The van der Waals surface area contributed by atoms with Crippen molar-refractivity contribution in [2.45, 2.75) is 4.90 Å². The van der Waals surface area contributed by atoms with E-state index in [-0.39, 0.29) is 21.3 Å². The van der Waals surface area contributed by atoms with Gasteiger partial charge in [-0.25, -0.2) is 17.5 Å². The van der Waals surface area contributed by atoms with E-state index in [1.54, 1.807) is 0 Å². The highest BCUT2D eigenvalue weighted by molar-refractivity contribution is 7.89. The molecule has 2 rings (SSSR count). The van der Waals surface area contributed by atoms with Crippen LogP contribution in [0.4, 0.5) is 21.5 Å². The number of rotatable bonds is 4. The summed E-state index contributed by atoms with van der Waals surface area (Å²) < 4.78 is 39.2. The molecular formula is C13H13ClFN3O2S. The number of nitrogens with one attached hydrogen (secondary N) is 2. The Morgan fingerprint density at radius 1 is 1.19 bits per heavy atom. The lowest BCUT2D eigenvalue weighted by Gasteiger charge is -2.11. The minimum atomic E-state index is -3.63. The summed E-state index contributed by atoms with van der Waals surface area (Å²) in [7, 11) is -2.33. The highest BCUT2D eigenvalue weighted by Gasteiger charge is 2.15. The predicted octanol–water partition coefficient (Wildman–Crippen LogP) is 2.71. The van der Waals surface area contributed by atoms with Crippen LogP contribution < -0.4 is 15.8 Å². The molecule has 5 nitrogen and oxygen atoms in total. The number of benzene rings is 2. The average molecular weight is 330 g/mol. The summed E-state index contributed by atoms with van der Waals surface area (Å²) in [6.07, 6.45) is 0. The van der Waals surface area contributed by atoms with Gasteiger partial charge in [0.05, 0.1) is 11.4 Å². The molecule has 0 heterocycles. The topological polar surface area (TPSA) is 84.2 Å². The average Bonchev–Trinajstić information content (AvgIpc) is 2.42. The molecule has 0 spiro atoms. The largest absolute Gasteiger partial charge is 0.398 e. The van der Waals surface area contributed by atoms with Crippen LogP contribution in [0.1, 0.15) is 0 Å². The van der Waals surface area contributed by atoms with E-state index in [2.05, 4.69) is 10.0 Å². The number of hydrogen-bond acceptors (Lipinski definition) is 4. The third-order valence-electron chi connectivity index (χ3n) is 2.78. The first kappa shape index (κ1) is 15.6. The number of nitrogen functional groups attached to an aromatic ring is 1. The predicted molar refractivity (Wildman–Crippen MR) is 81.8 cm³/mol. The van der Waals surface area contributed by atoms with Crippen molar-refractivity contribution in [2.75, 3.05) is 18.1 Å². The van der Waals surface area contributed by atoms with Crippen molar-refractivity contribution in [3.8, 4) is 0 Å². The Bertz CT molecular complexity index is 781. The Labute approximate surface area is 127 Å². The van der Waals surface area contributed by atoms with Gasteiger partial charge in [-0.15, -0.1) is 0 Å². The fourth-order valence-electron chi connectivity index (χ4n) is 1.73. The van der Waals surface area contributed by atoms with Crippen molar-refractivity contribution in [1.82, 2.24) is 4.72 Å². The molecule has 0 atom stereocenters. The molecule has 4 N–H and O–H groups in total. The molecule has 21 heavy (non-hydrogen) atoms. The van der Waals surface area contributed by atoms with E-state index in [9.17, 15) is 12.8 Å². The molecule has 0 bridgehead atoms. The monoisotopic (exact) mass is 329 g/mol. The minimum Gasteiger partial charge on any atom is -0.398 e. The quantitative estimate of drug-likeness (QED) is 0.753. The van der Waals surface area contributed by atoms with Crippen LogP contribution in [0.2, 0.25) is 5.02 Å². The van der Waals surface area contributed by atoms with Gasteiger partial charge in [0.25, 0.3) is 0 Å². The molecule has 2 aromatic rings. The van der Waals surface area contributed by atoms with E-state index >= 15 is 0 Å². The van der Waals surface area contributed by atoms with Gasteiger partial charge in [-0.3, -0.25) is 0 Å². The number of halogens is 2. The van der Waals surface area contributed by atoms with Crippen LogP contribution in [0.5, 0.6) is 0 Å². The lowest BCUT2D eigenvalue weighted by Crippen LogP contribution is -2.19. The molecule has 0 unspecified atom stereocenters. The number of anilines is 3. The summed E-state index contributed by atoms with van der Waals surface area (Å²) in [5.41, 5.74) is 6.46. The smallest absolute Gasteiger partial charge is 0.242 e. The normalized spacial score (nSPS) is 11.4. The molecule has 112 valence electrons. The lowest BCUT2D eigenvalue weighted by atomic mass is 10.2. The fraction of sp³-hybridized carbons (Fsp3) is 0.0769. The molecule has 0 amide bonds. The van der Waals surface area contributed by atoms with Crippen LogP contribution in [0, 0.1) is 5.82 Å². The van der Waals surface area contributed by atoms with E-state index in [0.29, 0.717) is 5.69 Å². The molecule has 0 saturated heterocycles. The zero-order valence-electron chi connectivity index (χ0n) is 11.0. The second kappa shape index (κ2) is 5.88. The van der Waals surface area contributed by atoms with Crippen molar-refractivity contribution in [1.29, 1.82) is 0 Å². The summed E-state index contributed by atoms with van der Waals surface area (Å²) in [5, 5.41) is 3.09. The summed E-state index contributed by atoms with van der Waals surface area (Å²) in [4.78, 5) is -0.0351. The van der Waals surface area contributed by atoms with Crippen molar-refractivity contribution < 1.29 is 12.8 Å². The zero-order chi connectivity index (χ0) is 15.6. The molecular weight excluding hydrogens is 317 g/mol. The van der Waals surface area contributed by atoms with Crippen LogP contribution in [-0.4, -0.2) is 15.5 Å². The first-order valence-corrected chi connectivity index (χ1v) is 7.75. The summed E-state index contributed by atoms with van der Waals surface area (Å²) >= 11 is 5.67. The summed E-state index contributed by atoms with van der Waals surface area (Å²) in [5.74, 6) is -0.520. The minimum absolute atomic E-state index is 0.0351. The third kappa shape index (κ3) is 3.44. The molecule has 0 radical (unpaired) electrons. The van der Waals surface area contributed by atoms with Crippen molar-refractivity contribution in [2.24, 2.45) is 0 Å².